The van der Waals surface area contributed by atoms with E-state index in [1.54, 1.807) is 11.3 Å². The van der Waals surface area contributed by atoms with Crippen LogP contribution in [0.25, 0.3) is 10.2 Å². The summed E-state index contributed by atoms with van der Waals surface area (Å²) in [5.41, 5.74) is 3.10. The highest BCUT2D eigenvalue weighted by Gasteiger charge is 2.31. The molecule has 0 aliphatic heterocycles. The number of nitrogens with zero attached hydrogens (tertiary/aromatic N) is 2. The van der Waals surface area contributed by atoms with E-state index >= 15 is 0 Å². The van der Waals surface area contributed by atoms with Crippen molar-refractivity contribution in [2.75, 3.05) is 5.32 Å². The molecule has 1 atom stereocenters. The summed E-state index contributed by atoms with van der Waals surface area (Å²) in [5.74, 6) is 0.390. The summed E-state index contributed by atoms with van der Waals surface area (Å²) in [6.07, 6.45) is 4.51. The van der Waals surface area contributed by atoms with E-state index in [-0.39, 0.29) is 23.4 Å². The van der Waals surface area contributed by atoms with E-state index in [0.29, 0.717) is 11.3 Å². The van der Waals surface area contributed by atoms with Crippen molar-refractivity contribution >= 4 is 33.1 Å². The van der Waals surface area contributed by atoms with Crippen molar-refractivity contribution in [3.05, 3.63) is 57.0 Å². The molecule has 2 heterocycles. The summed E-state index contributed by atoms with van der Waals surface area (Å²) in [4.78, 5) is 32.2. The summed E-state index contributed by atoms with van der Waals surface area (Å²) < 4.78 is 1.43. The molecule has 0 bridgehead atoms. The number of amides is 1. The van der Waals surface area contributed by atoms with Crippen LogP contribution >= 0.6 is 11.3 Å². The van der Waals surface area contributed by atoms with Crippen molar-refractivity contribution in [1.29, 1.82) is 0 Å². The van der Waals surface area contributed by atoms with Gasteiger partial charge in [-0.05, 0) is 60.8 Å². The molecular formula is C23H27N3O2S. The lowest BCUT2D eigenvalue weighted by atomic mass is 9.72. The Bertz CT molecular complexity index is 1140. The topological polar surface area (TPSA) is 64.0 Å². The fourth-order valence-electron chi connectivity index (χ4n) is 4.13. The predicted molar refractivity (Wildman–Crippen MR) is 119 cm³/mol. The zero-order valence-corrected chi connectivity index (χ0v) is 18.2. The third-order valence-electron chi connectivity index (χ3n) is 5.88. The normalized spacial score (nSPS) is 16.6. The SMILES string of the molecule is Cc1cccc(NC(=O)Cn2cnc3sc4c(c3c2=O)CC[C@@H](C(C)(C)C)C4)c1. The smallest absolute Gasteiger partial charge is 0.262 e. The zero-order chi connectivity index (χ0) is 20.8. The Hall–Kier alpha value is -2.47. The first kappa shape index (κ1) is 19.8. The van der Waals surface area contributed by atoms with Crippen LogP contribution in [0.15, 0.2) is 35.4 Å². The Kier molecular flexibility index (Phi) is 5.07. The molecule has 1 aliphatic rings. The molecule has 2 aromatic heterocycles. The lowest BCUT2D eigenvalue weighted by Crippen LogP contribution is -2.29. The highest BCUT2D eigenvalue weighted by Crippen LogP contribution is 2.41. The van der Waals surface area contributed by atoms with Crippen LogP contribution in [0.2, 0.25) is 0 Å². The average Bonchev–Trinajstić information content (AvgIpc) is 3.01. The number of benzene rings is 1. The van der Waals surface area contributed by atoms with Gasteiger partial charge in [-0.3, -0.25) is 14.2 Å². The number of aryl methyl sites for hydroxylation is 2. The maximum atomic E-state index is 13.1. The minimum absolute atomic E-state index is 0.0368. The summed E-state index contributed by atoms with van der Waals surface area (Å²) in [7, 11) is 0. The second kappa shape index (κ2) is 7.41. The number of hydrogen-bond donors (Lipinski definition) is 1. The highest BCUT2D eigenvalue weighted by molar-refractivity contribution is 7.18. The van der Waals surface area contributed by atoms with Gasteiger partial charge in [-0.25, -0.2) is 4.98 Å². The Morgan fingerprint density at radius 2 is 2.14 bits per heavy atom. The van der Waals surface area contributed by atoms with Crippen molar-refractivity contribution in [1.82, 2.24) is 9.55 Å². The number of nitrogens with one attached hydrogen (secondary N) is 1. The Morgan fingerprint density at radius 3 is 2.86 bits per heavy atom. The average molecular weight is 410 g/mol. The van der Waals surface area contributed by atoms with Gasteiger partial charge in [-0.2, -0.15) is 0 Å². The molecule has 5 nitrogen and oxygen atoms in total. The Morgan fingerprint density at radius 1 is 1.34 bits per heavy atom. The second-order valence-electron chi connectivity index (χ2n) is 9.08. The van der Waals surface area contributed by atoms with Crippen LogP contribution in [-0.2, 0) is 24.2 Å². The van der Waals surface area contributed by atoms with E-state index in [4.69, 9.17) is 0 Å². The van der Waals surface area contributed by atoms with E-state index in [2.05, 4.69) is 31.1 Å². The van der Waals surface area contributed by atoms with Crippen LogP contribution in [0, 0.1) is 18.3 Å². The standard InChI is InChI=1S/C23H27N3O2S/c1-14-6-5-7-16(10-14)25-19(27)12-26-13-24-21-20(22(26)28)17-9-8-15(23(2,3)4)11-18(17)29-21/h5-7,10,13,15H,8-9,11-12H2,1-4H3,(H,25,27)/t15-/m1/s1. The fraction of sp³-hybridized carbons (Fsp3) is 0.435. The van der Waals surface area contributed by atoms with Crippen molar-refractivity contribution in [3.63, 3.8) is 0 Å². The molecule has 0 saturated heterocycles. The molecule has 6 heteroatoms. The monoisotopic (exact) mass is 409 g/mol. The summed E-state index contributed by atoms with van der Waals surface area (Å²) in [6, 6.07) is 7.62. The molecular weight excluding hydrogens is 382 g/mol. The van der Waals surface area contributed by atoms with Crippen molar-refractivity contribution in [2.45, 2.75) is 53.5 Å². The number of thiophene rings is 1. The molecule has 0 saturated carbocycles. The van der Waals surface area contributed by atoms with Gasteiger partial charge in [0.1, 0.15) is 11.4 Å². The zero-order valence-electron chi connectivity index (χ0n) is 17.4. The first-order valence-electron chi connectivity index (χ1n) is 10.1. The van der Waals surface area contributed by atoms with Crippen LogP contribution in [-0.4, -0.2) is 15.5 Å². The number of rotatable bonds is 3. The van der Waals surface area contributed by atoms with E-state index in [0.717, 1.165) is 40.9 Å². The quantitative estimate of drug-likeness (QED) is 0.690. The number of carbonyl (C=O) groups excluding carboxylic acids is 1. The van der Waals surface area contributed by atoms with Gasteiger partial charge in [0.05, 0.1) is 11.7 Å². The van der Waals surface area contributed by atoms with Gasteiger partial charge in [-0.15, -0.1) is 11.3 Å². The molecule has 1 amide bonds. The summed E-state index contributed by atoms with van der Waals surface area (Å²) in [5, 5.41) is 3.57. The summed E-state index contributed by atoms with van der Waals surface area (Å²) in [6.45, 7) is 8.79. The fourth-order valence-corrected chi connectivity index (χ4v) is 5.39. The molecule has 0 fully saturated rings. The van der Waals surface area contributed by atoms with E-state index in [1.165, 1.54) is 15.8 Å². The van der Waals surface area contributed by atoms with Gasteiger partial charge in [0, 0.05) is 10.6 Å². The second-order valence-corrected chi connectivity index (χ2v) is 10.2. The number of hydrogen-bond acceptors (Lipinski definition) is 4. The molecule has 0 radical (unpaired) electrons. The minimum atomic E-state index is -0.226. The van der Waals surface area contributed by atoms with Crippen LogP contribution < -0.4 is 10.9 Å². The number of aromatic nitrogens is 2. The first-order valence-corrected chi connectivity index (χ1v) is 10.9. The van der Waals surface area contributed by atoms with Gasteiger partial charge in [0.2, 0.25) is 5.91 Å². The number of fused-ring (bicyclic) bond motifs is 3. The summed E-state index contributed by atoms with van der Waals surface area (Å²) >= 11 is 1.64. The molecule has 29 heavy (non-hydrogen) atoms. The van der Waals surface area contributed by atoms with Crippen molar-refractivity contribution in [2.24, 2.45) is 11.3 Å². The maximum absolute atomic E-state index is 13.1. The largest absolute Gasteiger partial charge is 0.325 e. The van der Waals surface area contributed by atoms with Crippen LogP contribution in [0.3, 0.4) is 0 Å². The van der Waals surface area contributed by atoms with Gasteiger partial charge in [0.15, 0.2) is 0 Å². The van der Waals surface area contributed by atoms with E-state index in [1.807, 2.05) is 31.2 Å². The molecule has 0 spiro atoms. The Balaban J connectivity index is 1.60. The molecule has 1 aliphatic carbocycles. The highest BCUT2D eigenvalue weighted by atomic mass is 32.1. The van der Waals surface area contributed by atoms with E-state index in [9.17, 15) is 9.59 Å². The number of anilines is 1. The lowest BCUT2D eigenvalue weighted by molar-refractivity contribution is -0.116. The molecule has 1 aromatic carbocycles. The van der Waals surface area contributed by atoms with Crippen LogP contribution in [0.1, 0.15) is 43.2 Å². The molecule has 1 N–H and O–H groups in total. The third kappa shape index (κ3) is 3.99. The first-order chi connectivity index (χ1) is 13.7. The van der Waals surface area contributed by atoms with Crippen molar-refractivity contribution in [3.8, 4) is 0 Å². The molecule has 152 valence electrons. The number of carbonyl (C=O) groups is 1. The molecule has 4 rings (SSSR count). The Labute approximate surface area is 174 Å². The molecule has 0 unspecified atom stereocenters. The maximum Gasteiger partial charge on any atom is 0.262 e. The van der Waals surface area contributed by atoms with Gasteiger partial charge >= 0.3 is 0 Å². The van der Waals surface area contributed by atoms with Gasteiger partial charge < -0.3 is 5.32 Å². The van der Waals surface area contributed by atoms with Gasteiger partial charge in [-0.1, -0.05) is 32.9 Å². The lowest BCUT2D eigenvalue weighted by Gasteiger charge is -2.33. The third-order valence-corrected chi connectivity index (χ3v) is 7.04. The minimum Gasteiger partial charge on any atom is -0.325 e. The van der Waals surface area contributed by atoms with Crippen LogP contribution in [0.4, 0.5) is 5.69 Å². The van der Waals surface area contributed by atoms with Crippen LogP contribution in [0.5, 0.6) is 0 Å². The molecule has 3 aromatic rings. The van der Waals surface area contributed by atoms with E-state index < -0.39 is 0 Å². The van der Waals surface area contributed by atoms with Gasteiger partial charge in [0.25, 0.3) is 5.56 Å². The van der Waals surface area contributed by atoms with Crippen molar-refractivity contribution < 1.29 is 4.79 Å². The predicted octanol–water partition coefficient (Wildman–Crippen LogP) is 4.56.